The van der Waals surface area contributed by atoms with Crippen molar-refractivity contribution in [2.45, 2.75) is 39.7 Å². The van der Waals surface area contributed by atoms with E-state index >= 15 is 0 Å². The molecule has 0 aromatic carbocycles. The fraction of sp³-hybridized carbons (Fsp3) is 0.889. The van der Waals surface area contributed by atoms with Crippen molar-refractivity contribution in [1.29, 1.82) is 5.41 Å². The van der Waals surface area contributed by atoms with E-state index in [4.69, 9.17) is 11.1 Å². The van der Waals surface area contributed by atoms with Crippen molar-refractivity contribution in [2.24, 2.45) is 5.73 Å². The van der Waals surface area contributed by atoms with Crippen LogP contribution in [0.4, 0.5) is 0 Å². The average Bonchev–Trinajstić information content (AvgIpc) is 1.96. The molecule has 0 aromatic heterocycles. The molecule has 0 aliphatic heterocycles. The first-order valence-electron chi connectivity index (χ1n) is 4.64. The standard InChI is InChI=1S/C9H21N3/c1-4-6-12(8(2)3)7-5-9(10)11/h8H,4-7H2,1-3H3,(H3,10,11). The van der Waals surface area contributed by atoms with Crippen LogP contribution in [-0.2, 0) is 0 Å². The lowest BCUT2D eigenvalue weighted by Gasteiger charge is -2.25. The highest BCUT2D eigenvalue weighted by atomic mass is 15.1. The van der Waals surface area contributed by atoms with Crippen molar-refractivity contribution < 1.29 is 0 Å². The number of hydrogen-bond donors (Lipinski definition) is 2. The summed E-state index contributed by atoms with van der Waals surface area (Å²) < 4.78 is 0. The van der Waals surface area contributed by atoms with E-state index in [0.29, 0.717) is 12.5 Å². The van der Waals surface area contributed by atoms with E-state index in [9.17, 15) is 0 Å². The first kappa shape index (κ1) is 11.4. The Bertz CT molecular complexity index is 132. The Morgan fingerprint density at radius 3 is 2.33 bits per heavy atom. The van der Waals surface area contributed by atoms with Crippen LogP contribution in [-0.4, -0.2) is 29.9 Å². The van der Waals surface area contributed by atoms with E-state index in [2.05, 4.69) is 25.7 Å². The Hall–Kier alpha value is -0.570. The number of nitrogens with one attached hydrogen (secondary N) is 1. The highest BCUT2D eigenvalue weighted by molar-refractivity contribution is 5.76. The van der Waals surface area contributed by atoms with Crippen molar-refractivity contribution in [3.05, 3.63) is 0 Å². The second-order valence-electron chi connectivity index (χ2n) is 3.40. The van der Waals surface area contributed by atoms with Gasteiger partial charge in [0.2, 0.25) is 0 Å². The molecule has 0 amide bonds. The minimum absolute atomic E-state index is 0.289. The molecule has 72 valence electrons. The SMILES string of the molecule is CCCN(CCC(=N)N)C(C)C. The maximum absolute atomic E-state index is 7.11. The molecule has 0 aliphatic carbocycles. The number of nitrogens with two attached hydrogens (primary N) is 1. The zero-order chi connectivity index (χ0) is 9.56. The van der Waals surface area contributed by atoms with Crippen LogP contribution in [0.1, 0.15) is 33.6 Å². The van der Waals surface area contributed by atoms with Gasteiger partial charge in [0.15, 0.2) is 0 Å². The first-order valence-corrected chi connectivity index (χ1v) is 4.64. The van der Waals surface area contributed by atoms with Crippen LogP contribution in [0, 0.1) is 5.41 Å². The lowest BCUT2D eigenvalue weighted by Crippen LogP contribution is -2.34. The molecule has 12 heavy (non-hydrogen) atoms. The summed E-state index contributed by atoms with van der Waals surface area (Å²) in [7, 11) is 0. The normalized spacial score (nSPS) is 11.1. The molecule has 0 fully saturated rings. The highest BCUT2D eigenvalue weighted by Crippen LogP contribution is 2.00. The van der Waals surface area contributed by atoms with Gasteiger partial charge < -0.3 is 10.6 Å². The molecule has 0 aliphatic rings. The smallest absolute Gasteiger partial charge is 0.0918 e. The van der Waals surface area contributed by atoms with Gasteiger partial charge in [-0.3, -0.25) is 5.41 Å². The number of amidine groups is 1. The molecule has 0 unspecified atom stereocenters. The van der Waals surface area contributed by atoms with Crippen molar-refractivity contribution >= 4 is 5.84 Å². The first-order chi connectivity index (χ1) is 5.57. The van der Waals surface area contributed by atoms with Crippen LogP contribution < -0.4 is 5.73 Å². The zero-order valence-electron chi connectivity index (χ0n) is 8.43. The number of hydrogen-bond acceptors (Lipinski definition) is 2. The van der Waals surface area contributed by atoms with Crippen molar-refractivity contribution in [1.82, 2.24) is 4.90 Å². The molecule has 0 atom stereocenters. The molecule has 0 saturated carbocycles. The van der Waals surface area contributed by atoms with E-state index < -0.39 is 0 Å². The van der Waals surface area contributed by atoms with Gasteiger partial charge in [-0.1, -0.05) is 6.92 Å². The van der Waals surface area contributed by atoms with Gasteiger partial charge in [0, 0.05) is 19.0 Å². The van der Waals surface area contributed by atoms with Gasteiger partial charge in [-0.25, -0.2) is 0 Å². The highest BCUT2D eigenvalue weighted by Gasteiger charge is 2.07. The lowest BCUT2D eigenvalue weighted by molar-refractivity contribution is 0.228. The maximum Gasteiger partial charge on any atom is 0.0918 e. The summed E-state index contributed by atoms with van der Waals surface area (Å²) in [4.78, 5) is 2.35. The summed E-state index contributed by atoms with van der Waals surface area (Å²) in [6.07, 6.45) is 1.86. The van der Waals surface area contributed by atoms with Crippen molar-refractivity contribution in [3.8, 4) is 0 Å². The van der Waals surface area contributed by atoms with Crippen LogP contribution in [0.2, 0.25) is 0 Å². The third-order valence-electron chi connectivity index (χ3n) is 1.91. The molecule has 3 nitrogen and oxygen atoms in total. The summed E-state index contributed by atoms with van der Waals surface area (Å²) in [6.45, 7) is 8.54. The molecule has 3 N–H and O–H groups in total. The zero-order valence-corrected chi connectivity index (χ0v) is 8.43. The fourth-order valence-corrected chi connectivity index (χ4v) is 1.18. The summed E-state index contributed by atoms with van der Waals surface area (Å²) in [5, 5.41) is 7.11. The Labute approximate surface area is 75.4 Å². The topological polar surface area (TPSA) is 53.1 Å². The van der Waals surface area contributed by atoms with Gasteiger partial charge in [0.1, 0.15) is 0 Å². The quantitative estimate of drug-likeness (QED) is 0.469. The lowest BCUT2D eigenvalue weighted by atomic mass is 10.2. The molecule has 0 rings (SSSR count). The Morgan fingerprint density at radius 2 is 2.00 bits per heavy atom. The van der Waals surface area contributed by atoms with E-state index in [1.54, 1.807) is 0 Å². The van der Waals surface area contributed by atoms with Gasteiger partial charge in [0.25, 0.3) is 0 Å². The minimum Gasteiger partial charge on any atom is -0.388 e. The average molecular weight is 171 g/mol. The summed E-state index contributed by atoms with van der Waals surface area (Å²) in [5.41, 5.74) is 5.29. The van der Waals surface area contributed by atoms with Crippen LogP contribution >= 0.6 is 0 Å². The van der Waals surface area contributed by atoms with Crippen molar-refractivity contribution in [2.75, 3.05) is 13.1 Å². The molecule has 0 spiro atoms. The summed E-state index contributed by atoms with van der Waals surface area (Å²) >= 11 is 0. The Kier molecular flexibility index (Phi) is 5.72. The van der Waals surface area contributed by atoms with E-state index in [1.807, 2.05) is 0 Å². The van der Waals surface area contributed by atoms with Crippen LogP contribution in [0.25, 0.3) is 0 Å². The maximum atomic E-state index is 7.11. The number of rotatable bonds is 6. The van der Waals surface area contributed by atoms with Crippen LogP contribution in [0.5, 0.6) is 0 Å². The molecule has 0 radical (unpaired) electrons. The molecule has 3 heteroatoms. The van der Waals surface area contributed by atoms with Gasteiger partial charge in [0.05, 0.1) is 5.84 Å². The second kappa shape index (κ2) is 6.00. The predicted molar refractivity (Wildman–Crippen MR) is 53.5 cm³/mol. The molecule has 0 saturated heterocycles. The third-order valence-corrected chi connectivity index (χ3v) is 1.91. The monoisotopic (exact) mass is 171 g/mol. The van der Waals surface area contributed by atoms with E-state index in [1.165, 1.54) is 0 Å². The molecular formula is C9H21N3. The van der Waals surface area contributed by atoms with Gasteiger partial charge >= 0.3 is 0 Å². The largest absolute Gasteiger partial charge is 0.388 e. The second-order valence-corrected chi connectivity index (χ2v) is 3.40. The summed E-state index contributed by atoms with van der Waals surface area (Å²) in [6, 6.07) is 0.560. The predicted octanol–water partition coefficient (Wildman–Crippen LogP) is 1.43. The molecule has 0 bridgehead atoms. The summed E-state index contributed by atoms with van der Waals surface area (Å²) in [5.74, 6) is 0.289. The van der Waals surface area contributed by atoms with Gasteiger partial charge in [-0.2, -0.15) is 0 Å². The van der Waals surface area contributed by atoms with E-state index in [0.717, 1.165) is 19.5 Å². The molecule has 0 heterocycles. The Morgan fingerprint density at radius 1 is 1.42 bits per heavy atom. The fourth-order valence-electron chi connectivity index (χ4n) is 1.18. The molecular weight excluding hydrogens is 150 g/mol. The minimum atomic E-state index is 0.289. The third kappa shape index (κ3) is 5.13. The van der Waals surface area contributed by atoms with E-state index in [-0.39, 0.29) is 5.84 Å². The molecule has 0 aromatic rings. The van der Waals surface area contributed by atoms with Gasteiger partial charge in [-0.15, -0.1) is 0 Å². The number of nitrogens with zero attached hydrogens (tertiary/aromatic N) is 1. The van der Waals surface area contributed by atoms with Crippen LogP contribution in [0.3, 0.4) is 0 Å². The van der Waals surface area contributed by atoms with Crippen molar-refractivity contribution in [3.63, 3.8) is 0 Å². The van der Waals surface area contributed by atoms with Crippen LogP contribution in [0.15, 0.2) is 0 Å². The van der Waals surface area contributed by atoms with Gasteiger partial charge in [-0.05, 0) is 26.8 Å². The Balaban J connectivity index is 3.70.